The molecule has 4 aliphatic carbocycles. The Morgan fingerprint density at radius 2 is 0.636 bits per heavy atom. The maximum absolute atomic E-state index is 2.58. The van der Waals surface area contributed by atoms with Crippen LogP contribution in [0.4, 0.5) is 17.1 Å². The van der Waals surface area contributed by atoms with Gasteiger partial charge in [-0.3, -0.25) is 0 Å². The zero-order valence-electron chi connectivity index (χ0n) is 39.6. The highest BCUT2D eigenvalue weighted by molar-refractivity contribution is 6.10. The van der Waals surface area contributed by atoms with Crippen LogP contribution in [0.3, 0.4) is 0 Å². The van der Waals surface area contributed by atoms with Gasteiger partial charge in [0.1, 0.15) is 0 Å². The third-order valence-electron chi connectivity index (χ3n) is 16.8. The van der Waals surface area contributed by atoms with Gasteiger partial charge >= 0.3 is 0 Å². The van der Waals surface area contributed by atoms with Crippen molar-refractivity contribution in [2.24, 2.45) is 0 Å². The number of hydrogen-bond acceptors (Lipinski definition) is 1. The van der Waals surface area contributed by atoms with Gasteiger partial charge in [0.05, 0.1) is 0 Å². The molecule has 1 nitrogen and oxygen atoms in total. The quantitative estimate of drug-likeness (QED) is 0.171. The lowest BCUT2D eigenvalue weighted by Gasteiger charge is -2.31. The van der Waals surface area contributed by atoms with E-state index in [4.69, 9.17) is 0 Å². The molecule has 0 spiro atoms. The summed E-state index contributed by atoms with van der Waals surface area (Å²) in [5, 5.41) is 2.66. The summed E-state index contributed by atoms with van der Waals surface area (Å²) in [7, 11) is 0. The van der Waals surface area contributed by atoms with Crippen LogP contribution in [0, 0.1) is 6.92 Å². The van der Waals surface area contributed by atoms with Crippen molar-refractivity contribution in [3.05, 3.63) is 220 Å². The van der Waals surface area contributed by atoms with Crippen LogP contribution in [0.15, 0.2) is 170 Å². The molecule has 0 bridgehead atoms. The van der Waals surface area contributed by atoms with Gasteiger partial charge in [-0.1, -0.05) is 171 Å². The second kappa shape index (κ2) is 13.1. The van der Waals surface area contributed by atoms with E-state index >= 15 is 0 Å². The van der Waals surface area contributed by atoms with Gasteiger partial charge < -0.3 is 4.90 Å². The molecule has 0 radical (unpaired) electrons. The minimum absolute atomic E-state index is 0.114. The van der Waals surface area contributed by atoms with Gasteiger partial charge in [-0.05, 0) is 178 Å². The Labute approximate surface area is 390 Å². The van der Waals surface area contributed by atoms with E-state index in [0.717, 1.165) is 0 Å². The van der Waals surface area contributed by atoms with Crippen LogP contribution < -0.4 is 4.90 Å². The lowest BCUT2D eigenvalue weighted by Crippen LogP contribution is -2.19. The van der Waals surface area contributed by atoms with Crippen molar-refractivity contribution in [2.45, 2.75) is 84.0 Å². The Hall–Kier alpha value is -6.96. The zero-order chi connectivity index (χ0) is 45.2. The molecule has 0 N–H and O–H groups in total. The summed E-state index contributed by atoms with van der Waals surface area (Å²) in [5.74, 6) is 0. The molecule has 9 aromatic carbocycles. The van der Waals surface area contributed by atoms with Crippen molar-refractivity contribution in [1.82, 2.24) is 0 Å². The van der Waals surface area contributed by atoms with Crippen LogP contribution in [0.5, 0.6) is 0 Å². The predicted octanol–water partition coefficient (Wildman–Crippen LogP) is 17.5. The molecule has 0 heterocycles. The molecule has 0 aromatic heterocycles. The van der Waals surface area contributed by atoms with Crippen molar-refractivity contribution in [2.75, 3.05) is 4.90 Å². The highest BCUT2D eigenvalue weighted by Crippen LogP contribution is 2.60. The van der Waals surface area contributed by atoms with E-state index in [1.165, 1.54) is 134 Å². The smallest absolute Gasteiger partial charge is 0.0465 e. The van der Waals surface area contributed by atoms with E-state index in [0.29, 0.717) is 0 Å². The molecule has 320 valence electrons. The number of rotatable bonds is 4. The van der Waals surface area contributed by atoms with E-state index in [1.807, 2.05) is 0 Å². The SMILES string of the molecule is Cc1ccccc1-c1cc2c(c3ccccc13)-c1cc3c(cc1C2(C)C)-c1ccc(N(c2ccc4c(c2)C(C)(C)c2ccccc2-4)c2ccc4c(c2)C(C)(C)c2ccccc2-4)cc1C3(C)C. The molecule has 1 heteroatoms. The van der Waals surface area contributed by atoms with Gasteiger partial charge in [0.25, 0.3) is 0 Å². The number of fused-ring (bicyclic) bond motifs is 14. The summed E-state index contributed by atoms with van der Waals surface area (Å²) in [6.45, 7) is 21.6. The minimum Gasteiger partial charge on any atom is -0.310 e. The number of nitrogens with zero attached hydrogens (tertiary/aromatic N) is 1. The summed E-state index contributed by atoms with van der Waals surface area (Å²) < 4.78 is 0. The van der Waals surface area contributed by atoms with Crippen LogP contribution >= 0.6 is 0 Å². The topological polar surface area (TPSA) is 3.24 Å². The van der Waals surface area contributed by atoms with Crippen LogP contribution in [-0.4, -0.2) is 0 Å². The molecular weight excluding hydrogens is 795 g/mol. The molecular formula is C65H55N. The maximum Gasteiger partial charge on any atom is 0.0465 e. The average molecular weight is 850 g/mol. The van der Waals surface area contributed by atoms with Gasteiger partial charge in [-0.25, -0.2) is 0 Å². The third kappa shape index (κ3) is 5.07. The van der Waals surface area contributed by atoms with Gasteiger partial charge in [0.2, 0.25) is 0 Å². The van der Waals surface area contributed by atoms with Crippen molar-refractivity contribution in [1.29, 1.82) is 0 Å². The number of benzene rings is 9. The number of anilines is 3. The van der Waals surface area contributed by atoms with Crippen molar-refractivity contribution < 1.29 is 0 Å². The first-order chi connectivity index (χ1) is 31.7. The summed E-state index contributed by atoms with van der Waals surface area (Å²) in [6, 6.07) is 65.3. The highest BCUT2D eigenvalue weighted by Gasteiger charge is 2.44. The van der Waals surface area contributed by atoms with E-state index in [9.17, 15) is 0 Å². The van der Waals surface area contributed by atoms with Crippen molar-refractivity contribution in [3.8, 4) is 55.6 Å². The molecule has 0 saturated heterocycles. The second-order valence-corrected chi connectivity index (χ2v) is 21.8. The van der Waals surface area contributed by atoms with Gasteiger partial charge in [-0.2, -0.15) is 0 Å². The molecule has 0 unspecified atom stereocenters. The third-order valence-corrected chi connectivity index (χ3v) is 16.8. The first-order valence-electron chi connectivity index (χ1n) is 23.9. The lowest BCUT2D eigenvalue weighted by molar-refractivity contribution is 0.652. The molecule has 4 aliphatic rings. The first-order valence-corrected chi connectivity index (χ1v) is 23.9. The Morgan fingerprint density at radius 3 is 1.18 bits per heavy atom. The van der Waals surface area contributed by atoms with Gasteiger partial charge in [-0.15, -0.1) is 0 Å². The fourth-order valence-electron chi connectivity index (χ4n) is 13.1. The van der Waals surface area contributed by atoms with Crippen molar-refractivity contribution in [3.63, 3.8) is 0 Å². The van der Waals surface area contributed by atoms with Crippen LogP contribution in [-0.2, 0) is 21.7 Å². The van der Waals surface area contributed by atoms with Crippen LogP contribution in [0.25, 0.3) is 66.4 Å². The summed E-state index contributed by atoms with van der Waals surface area (Å²) in [6.07, 6.45) is 0. The van der Waals surface area contributed by atoms with E-state index in [2.05, 4.69) is 237 Å². The van der Waals surface area contributed by atoms with Gasteiger partial charge in [0.15, 0.2) is 0 Å². The fourth-order valence-corrected chi connectivity index (χ4v) is 13.1. The molecule has 0 fully saturated rings. The largest absolute Gasteiger partial charge is 0.310 e. The second-order valence-electron chi connectivity index (χ2n) is 21.8. The van der Waals surface area contributed by atoms with E-state index in [1.54, 1.807) is 0 Å². The monoisotopic (exact) mass is 849 g/mol. The Bertz CT molecular complexity index is 3500. The van der Waals surface area contributed by atoms with E-state index in [-0.39, 0.29) is 21.7 Å². The number of aryl methyl sites for hydroxylation is 1. The zero-order valence-corrected chi connectivity index (χ0v) is 39.6. The van der Waals surface area contributed by atoms with Crippen LogP contribution in [0.2, 0.25) is 0 Å². The Kier molecular flexibility index (Phi) is 7.83. The molecule has 9 aromatic rings. The predicted molar refractivity (Wildman–Crippen MR) is 279 cm³/mol. The lowest BCUT2D eigenvalue weighted by atomic mass is 9.78. The Morgan fingerprint density at radius 1 is 0.273 bits per heavy atom. The number of hydrogen-bond donors (Lipinski definition) is 0. The Balaban J connectivity index is 0.980. The molecule has 0 amide bonds. The summed E-state index contributed by atoms with van der Waals surface area (Å²) >= 11 is 0. The highest BCUT2D eigenvalue weighted by atomic mass is 15.1. The molecule has 0 atom stereocenters. The maximum atomic E-state index is 2.58. The standard InChI is InChI=1S/C65H55N/c1-38-18-10-11-19-42(38)50-35-60-61(49-23-13-12-20-43(49)50)52-37-58-51(36-59(52)65(60,8)9)48-31-28-41(34-57(48)64(58,6)7)66(39-26-29-46-44-21-14-16-24-53(44)62(2,3)55(46)32-39)40-27-30-47-45-22-15-17-25-54(45)63(4,5)56(47)33-40/h10-37H,1-9H3. The van der Waals surface area contributed by atoms with Crippen LogP contribution in [0.1, 0.15) is 105 Å². The summed E-state index contributed by atoms with van der Waals surface area (Å²) in [4.78, 5) is 2.54. The normalized spacial score (nSPS) is 16.4. The molecule has 66 heavy (non-hydrogen) atoms. The molecule has 0 saturated carbocycles. The van der Waals surface area contributed by atoms with E-state index < -0.39 is 0 Å². The average Bonchev–Trinajstić information content (AvgIpc) is 3.88. The first kappa shape index (κ1) is 39.4. The summed E-state index contributed by atoms with van der Waals surface area (Å²) in [5.41, 5.74) is 28.9. The molecule has 13 rings (SSSR count). The fraction of sp³-hybridized carbons (Fsp3) is 0.200. The van der Waals surface area contributed by atoms with Crippen molar-refractivity contribution >= 4 is 27.8 Å². The molecule has 0 aliphatic heterocycles. The minimum atomic E-state index is -0.228. The van der Waals surface area contributed by atoms with Gasteiger partial charge in [0, 0.05) is 38.7 Å².